The van der Waals surface area contributed by atoms with Gasteiger partial charge in [-0.2, -0.15) is 0 Å². The van der Waals surface area contributed by atoms with Crippen molar-refractivity contribution < 1.29 is 17.4 Å². The van der Waals surface area contributed by atoms with Crippen molar-refractivity contribution in [2.45, 2.75) is 0 Å². The summed E-state index contributed by atoms with van der Waals surface area (Å²) in [6.07, 6.45) is 0. The van der Waals surface area contributed by atoms with Crippen LogP contribution >= 0.6 is 24.8 Å². The maximum absolute atomic E-state index is 0. The number of rotatable bonds is 0. The van der Waals surface area contributed by atoms with Gasteiger partial charge in [-0.05, 0) is 0 Å². The van der Waals surface area contributed by atoms with Crippen LogP contribution in [0.2, 0.25) is 0 Å². The molecule has 1 nitrogen and oxygen atoms in total. The van der Waals surface area contributed by atoms with Gasteiger partial charge >= 0.3 is 0 Å². The smallest absolute Gasteiger partial charge is 0 e. The summed E-state index contributed by atoms with van der Waals surface area (Å²) < 4.78 is 0. The van der Waals surface area contributed by atoms with E-state index in [0.29, 0.717) is 0 Å². The van der Waals surface area contributed by atoms with Crippen LogP contribution in [0.15, 0.2) is 0 Å². The first-order valence-electron chi connectivity index (χ1n) is 0. The van der Waals surface area contributed by atoms with Crippen LogP contribution in [0, 0.1) is 0 Å². The summed E-state index contributed by atoms with van der Waals surface area (Å²) in [7, 11) is 0. The largest absolute Gasteiger partial charge is 0.344 e. The van der Waals surface area contributed by atoms with Crippen molar-refractivity contribution in [1.82, 2.24) is 6.15 Å². The van der Waals surface area contributed by atoms with E-state index in [9.17, 15) is 0 Å². The van der Waals surface area contributed by atoms with E-state index in [2.05, 4.69) is 0 Å². The first kappa shape index (κ1) is 73.1. The summed E-state index contributed by atoms with van der Waals surface area (Å²) in [5.41, 5.74) is 0. The Balaban J connectivity index is 0. The van der Waals surface area contributed by atoms with E-state index in [0.717, 1.165) is 0 Å². The molecule has 0 aliphatic rings. The van der Waals surface area contributed by atoms with Gasteiger partial charge in [0.05, 0.1) is 0 Å². The van der Waals surface area contributed by atoms with Crippen LogP contribution in [0.1, 0.15) is 0 Å². The van der Waals surface area contributed by atoms with Gasteiger partial charge in [0.15, 0.2) is 0 Å². The van der Waals surface area contributed by atoms with Crippen molar-refractivity contribution >= 4 is 24.8 Å². The molecule has 30 valence electrons. The maximum atomic E-state index is 0. The van der Waals surface area contributed by atoms with Crippen molar-refractivity contribution in [3.63, 3.8) is 0 Å². The molecule has 0 aromatic heterocycles. The van der Waals surface area contributed by atoms with Crippen molar-refractivity contribution in [2.75, 3.05) is 0 Å². The quantitative estimate of drug-likeness (QED) is 0.537. The molecule has 0 rings (SSSR count). The Morgan fingerprint density at radius 2 is 0.750 bits per heavy atom. The van der Waals surface area contributed by atoms with E-state index in [4.69, 9.17) is 0 Å². The van der Waals surface area contributed by atoms with Crippen LogP contribution in [0.25, 0.3) is 0 Å². The third-order valence-corrected chi connectivity index (χ3v) is 0. The predicted molar refractivity (Wildman–Crippen MR) is 19.5 cm³/mol. The maximum Gasteiger partial charge on any atom is 0 e. The van der Waals surface area contributed by atoms with Crippen LogP contribution in [-0.2, 0) is 17.4 Å². The predicted octanol–water partition coefficient (Wildman–Crippen LogP) is 1.00. The molecule has 0 spiro atoms. The Morgan fingerprint density at radius 3 is 0.750 bits per heavy atom. The van der Waals surface area contributed by atoms with Crippen LogP contribution in [0.3, 0.4) is 0 Å². The molecule has 0 fully saturated rings. The molecular formula is H5Cl2CrN. The molecule has 0 radical (unpaired) electrons. The summed E-state index contributed by atoms with van der Waals surface area (Å²) in [5.74, 6) is 0. The Labute approximate surface area is 48.7 Å². The molecule has 0 aliphatic heterocycles. The molecule has 0 heterocycles. The van der Waals surface area contributed by atoms with Crippen molar-refractivity contribution in [3.8, 4) is 0 Å². The van der Waals surface area contributed by atoms with Crippen LogP contribution < -0.4 is 6.15 Å². The minimum Gasteiger partial charge on any atom is -0.344 e. The molecule has 0 amide bonds. The molecule has 0 bridgehead atoms. The van der Waals surface area contributed by atoms with Gasteiger partial charge in [-0.1, -0.05) is 0 Å². The summed E-state index contributed by atoms with van der Waals surface area (Å²) in [6, 6.07) is 0. The van der Waals surface area contributed by atoms with Crippen LogP contribution in [-0.4, -0.2) is 0 Å². The summed E-state index contributed by atoms with van der Waals surface area (Å²) in [5, 5.41) is 0. The molecule has 0 aliphatic carbocycles. The topological polar surface area (TPSA) is 35.0 Å². The number of hydrogen-bond donors (Lipinski definition) is 1. The second kappa shape index (κ2) is 33.4. The zero-order valence-electron chi connectivity index (χ0n) is 1.93. The van der Waals surface area contributed by atoms with Crippen molar-refractivity contribution in [1.29, 1.82) is 0 Å². The van der Waals surface area contributed by atoms with E-state index in [-0.39, 0.29) is 48.3 Å². The molecule has 4 heavy (non-hydrogen) atoms. The van der Waals surface area contributed by atoms with Gasteiger partial charge < -0.3 is 6.15 Å². The fourth-order valence-corrected chi connectivity index (χ4v) is 0. The SMILES string of the molecule is Cl.Cl.N.[Cr]. The standard InChI is InChI=1S/2ClH.Cr.H3N/h2*1H;;1H3. The van der Waals surface area contributed by atoms with Gasteiger partial charge in [-0.25, -0.2) is 0 Å². The molecule has 4 heteroatoms. The van der Waals surface area contributed by atoms with Gasteiger partial charge in [-0.15, -0.1) is 24.8 Å². The third kappa shape index (κ3) is 11.5. The van der Waals surface area contributed by atoms with Gasteiger partial charge in [0.2, 0.25) is 0 Å². The summed E-state index contributed by atoms with van der Waals surface area (Å²) in [6.45, 7) is 0. The molecule has 0 aromatic carbocycles. The Kier molecular flexibility index (Phi) is 611. The zero-order valence-corrected chi connectivity index (χ0v) is 4.84. The zero-order chi connectivity index (χ0) is 0. The second-order valence-corrected chi connectivity index (χ2v) is 0. The van der Waals surface area contributed by atoms with Gasteiger partial charge in [0, 0.05) is 17.4 Å². The molecule has 3 N–H and O–H groups in total. The Bertz CT molecular complexity index is 6.00. The minimum absolute atomic E-state index is 0. The molecule has 0 aromatic rings. The molecule has 0 unspecified atom stereocenters. The summed E-state index contributed by atoms with van der Waals surface area (Å²) in [4.78, 5) is 0. The molecule has 0 saturated heterocycles. The second-order valence-electron chi connectivity index (χ2n) is 0. The first-order valence-corrected chi connectivity index (χ1v) is 0. The van der Waals surface area contributed by atoms with E-state index in [1.165, 1.54) is 0 Å². The van der Waals surface area contributed by atoms with E-state index < -0.39 is 0 Å². The monoisotopic (exact) mass is 141 g/mol. The van der Waals surface area contributed by atoms with Gasteiger partial charge in [0.1, 0.15) is 0 Å². The fraction of sp³-hybridized carbons (Fsp3) is 0. The Morgan fingerprint density at radius 1 is 0.750 bits per heavy atom. The normalized spacial score (nSPS) is 0. The van der Waals surface area contributed by atoms with Crippen LogP contribution in [0.4, 0.5) is 0 Å². The molecule has 0 atom stereocenters. The summed E-state index contributed by atoms with van der Waals surface area (Å²) >= 11 is 0. The van der Waals surface area contributed by atoms with Crippen molar-refractivity contribution in [3.05, 3.63) is 0 Å². The van der Waals surface area contributed by atoms with E-state index in [1.54, 1.807) is 0 Å². The van der Waals surface area contributed by atoms with E-state index in [1.807, 2.05) is 0 Å². The Hall–Kier alpha value is 1.07. The third-order valence-electron chi connectivity index (χ3n) is 0. The molecular weight excluding hydrogens is 137 g/mol. The number of halogens is 2. The minimum atomic E-state index is 0. The van der Waals surface area contributed by atoms with E-state index >= 15 is 0 Å². The average molecular weight is 142 g/mol. The first-order chi connectivity index (χ1) is 0. The fourth-order valence-electron chi connectivity index (χ4n) is 0. The average Bonchev–Trinajstić information content (AvgIpc) is 0. The van der Waals surface area contributed by atoms with Crippen LogP contribution in [0.5, 0.6) is 0 Å². The molecule has 0 saturated carbocycles. The number of hydrogen-bond acceptors (Lipinski definition) is 1. The van der Waals surface area contributed by atoms with Gasteiger partial charge in [0.25, 0.3) is 0 Å². The van der Waals surface area contributed by atoms with Gasteiger partial charge in [-0.3, -0.25) is 0 Å². The van der Waals surface area contributed by atoms with Crippen molar-refractivity contribution in [2.24, 2.45) is 0 Å².